The first kappa shape index (κ1) is 22.8. The van der Waals surface area contributed by atoms with Crippen molar-refractivity contribution in [1.82, 2.24) is 14.4 Å². The van der Waals surface area contributed by atoms with Crippen molar-refractivity contribution in [1.29, 1.82) is 0 Å². The lowest BCUT2D eigenvalue weighted by molar-refractivity contribution is -0.671. The fourth-order valence-electron chi connectivity index (χ4n) is 3.95. The number of hydrogen-bond donors (Lipinski definition) is 1. The highest BCUT2D eigenvalue weighted by molar-refractivity contribution is 7.15. The van der Waals surface area contributed by atoms with Crippen molar-refractivity contribution in [3.05, 3.63) is 96.5 Å². The van der Waals surface area contributed by atoms with E-state index in [4.69, 9.17) is 34.8 Å². The maximum atomic E-state index is 13.6. The van der Waals surface area contributed by atoms with Crippen LogP contribution in [0.15, 0.2) is 65.7 Å². The Labute approximate surface area is 213 Å². The number of aromatic nitrogens is 4. The second-order valence-electron chi connectivity index (χ2n) is 7.61. The summed E-state index contributed by atoms with van der Waals surface area (Å²) in [7, 11) is 0. The number of rotatable bonds is 4. The lowest BCUT2D eigenvalue weighted by Gasteiger charge is -2.12. The zero-order chi connectivity index (χ0) is 24.0. The Balaban J connectivity index is 1.76. The Hall–Kier alpha value is -2.97. The van der Waals surface area contributed by atoms with Gasteiger partial charge in [0.25, 0.3) is 11.5 Å². The molecule has 0 saturated heterocycles. The van der Waals surface area contributed by atoms with Gasteiger partial charge in [-0.25, -0.2) is 14.8 Å². The molecule has 0 spiro atoms. The van der Waals surface area contributed by atoms with E-state index in [0.717, 1.165) is 16.0 Å². The molecule has 5 aromatic rings. The van der Waals surface area contributed by atoms with Crippen LogP contribution in [0, 0.1) is 6.92 Å². The molecule has 4 heterocycles. The van der Waals surface area contributed by atoms with E-state index in [1.54, 1.807) is 53.4 Å². The van der Waals surface area contributed by atoms with Gasteiger partial charge in [-0.15, -0.1) is 11.3 Å². The molecule has 0 amide bonds. The number of hydrogen-bond acceptors (Lipinski definition) is 5. The summed E-state index contributed by atoms with van der Waals surface area (Å²) in [6.07, 6.45) is 3.35. The molecule has 4 aromatic heterocycles. The van der Waals surface area contributed by atoms with Gasteiger partial charge < -0.3 is 5.11 Å². The van der Waals surface area contributed by atoms with E-state index in [1.807, 2.05) is 19.1 Å². The molecule has 6 nitrogen and oxygen atoms in total. The van der Waals surface area contributed by atoms with Crippen LogP contribution in [0.5, 0.6) is 5.88 Å². The number of pyridine rings is 2. The highest BCUT2D eigenvalue weighted by Crippen LogP contribution is 2.32. The lowest BCUT2D eigenvalue weighted by Crippen LogP contribution is -2.41. The molecule has 0 bridgehead atoms. The van der Waals surface area contributed by atoms with Gasteiger partial charge in [0.1, 0.15) is 16.9 Å². The third kappa shape index (κ3) is 4.05. The number of fused-ring (bicyclic) bond motifs is 1. The summed E-state index contributed by atoms with van der Waals surface area (Å²) >= 11 is 19.6. The Kier molecular flexibility index (Phi) is 6.04. The van der Waals surface area contributed by atoms with Crippen molar-refractivity contribution in [3.8, 4) is 28.1 Å². The smallest absolute Gasteiger partial charge is 0.354 e. The van der Waals surface area contributed by atoms with Gasteiger partial charge in [-0.1, -0.05) is 53.0 Å². The summed E-state index contributed by atoms with van der Waals surface area (Å²) in [5, 5.41) is 11.9. The van der Waals surface area contributed by atoms with Crippen LogP contribution in [-0.4, -0.2) is 19.5 Å². The zero-order valence-electron chi connectivity index (χ0n) is 17.7. The monoisotopic (exact) mass is 529 g/mol. The molecule has 170 valence electrons. The van der Waals surface area contributed by atoms with Crippen molar-refractivity contribution >= 4 is 51.8 Å². The third-order valence-corrected chi connectivity index (χ3v) is 7.04. The van der Waals surface area contributed by atoms with E-state index in [-0.39, 0.29) is 27.3 Å². The quantitative estimate of drug-likeness (QED) is 0.236. The van der Waals surface area contributed by atoms with Crippen LogP contribution >= 0.6 is 46.1 Å². The average molecular weight is 531 g/mol. The van der Waals surface area contributed by atoms with Gasteiger partial charge in [-0.05, 0) is 48.4 Å². The van der Waals surface area contributed by atoms with Gasteiger partial charge in [0.15, 0.2) is 10.0 Å². The van der Waals surface area contributed by atoms with Crippen LogP contribution in [0.25, 0.3) is 27.9 Å². The minimum absolute atomic E-state index is 0.152. The third-order valence-electron chi connectivity index (χ3n) is 5.45. The number of halogens is 3. The predicted octanol–water partition coefficient (Wildman–Crippen LogP) is 5.80. The van der Waals surface area contributed by atoms with Gasteiger partial charge in [0.05, 0.1) is 11.1 Å². The highest BCUT2D eigenvalue weighted by atomic mass is 35.5. The first-order chi connectivity index (χ1) is 16.3. The molecule has 0 atom stereocenters. The van der Waals surface area contributed by atoms with Crippen molar-refractivity contribution < 1.29 is 9.67 Å². The number of aromatic hydroxyl groups is 1. The van der Waals surface area contributed by atoms with Crippen molar-refractivity contribution in [2.24, 2.45) is 0 Å². The molecule has 1 aromatic carbocycles. The molecule has 0 aliphatic carbocycles. The largest absolute Gasteiger partial charge is 0.477 e. The zero-order valence-corrected chi connectivity index (χ0v) is 20.8. The van der Waals surface area contributed by atoms with E-state index in [2.05, 4.69) is 9.97 Å². The lowest BCUT2D eigenvalue weighted by atomic mass is 10.0. The van der Waals surface area contributed by atoms with Gasteiger partial charge >= 0.3 is 5.56 Å². The van der Waals surface area contributed by atoms with Gasteiger partial charge in [0, 0.05) is 17.3 Å². The molecule has 0 fully saturated rings. The summed E-state index contributed by atoms with van der Waals surface area (Å²) in [5.41, 5.74) is 3.19. The topological polar surface area (TPSA) is 71.4 Å². The van der Waals surface area contributed by atoms with Gasteiger partial charge in [-0.2, -0.15) is 8.97 Å². The minimum atomic E-state index is -0.340. The van der Waals surface area contributed by atoms with Crippen LogP contribution in [-0.2, 0) is 6.54 Å². The fourth-order valence-corrected chi connectivity index (χ4v) is 5.37. The number of aryl methyl sites for hydroxylation is 1. The minimum Gasteiger partial charge on any atom is -0.477 e. The molecule has 5 rings (SSSR count). The van der Waals surface area contributed by atoms with E-state index in [0.29, 0.717) is 27.8 Å². The molecular weight excluding hydrogens is 515 g/mol. The molecule has 0 unspecified atom stereocenters. The van der Waals surface area contributed by atoms with Crippen molar-refractivity contribution in [2.45, 2.75) is 13.5 Å². The van der Waals surface area contributed by atoms with Crippen LogP contribution in [0.1, 0.15) is 10.4 Å². The normalized spacial score (nSPS) is 11.3. The van der Waals surface area contributed by atoms with E-state index < -0.39 is 0 Å². The number of nitrogens with zero attached hydrogens (tertiary/aromatic N) is 4. The van der Waals surface area contributed by atoms with Crippen LogP contribution < -0.4 is 10.1 Å². The molecule has 0 saturated carbocycles. The predicted molar refractivity (Wildman–Crippen MR) is 135 cm³/mol. The summed E-state index contributed by atoms with van der Waals surface area (Å²) in [6.45, 7) is 2.19. The maximum absolute atomic E-state index is 13.6. The second-order valence-corrected chi connectivity index (χ2v) is 10.0. The molecular formula is C24H16Cl3N4O2S+. The maximum Gasteiger partial charge on any atom is 0.354 e. The van der Waals surface area contributed by atoms with E-state index in [9.17, 15) is 9.90 Å². The van der Waals surface area contributed by atoms with Crippen LogP contribution in [0.3, 0.4) is 0 Å². The molecule has 0 aliphatic rings. The molecule has 0 aliphatic heterocycles. The van der Waals surface area contributed by atoms with Crippen LogP contribution in [0.4, 0.5) is 0 Å². The molecule has 34 heavy (non-hydrogen) atoms. The Morgan fingerprint density at radius 3 is 2.62 bits per heavy atom. The highest BCUT2D eigenvalue weighted by Gasteiger charge is 2.27. The number of benzene rings is 1. The Morgan fingerprint density at radius 1 is 1.09 bits per heavy atom. The van der Waals surface area contributed by atoms with Crippen LogP contribution in [0.2, 0.25) is 14.8 Å². The molecule has 0 radical (unpaired) electrons. The SMILES string of the molecule is Cc1cccn2c(=O)c(-c3cccc(-c4ccc(Cl)nc4Cl)c3)c(O)[n+](Cc3cnc(Cl)s3)c12. The molecule has 10 heteroatoms. The number of thiazole rings is 1. The Bertz CT molecular complexity index is 1630. The first-order valence-corrected chi connectivity index (χ1v) is 12.1. The van der Waals surface area contributed by atoms with Gasteiger partial charge in [0.2, 0.25) is 0 Å². The van der Waals surface area contributed by atoms with E-state index >= 15 is 0 Å². The summed E-state index contributed by atoms with van der Waals surface area (Å²) in [4.78, 5) is 22.6. The first-order valence-electron chi connectivity index (χ1n) is 10.1. The van der Waals surface area contributed by atoms with Crippen molar-refractivity contribution in [3.63, 3.8) is 0 Å². The standard InChI is InChI=1S/C24H15Cl3N4O2S/c1-13-4-3-9-30-21(13)31(12-16-11-28-24(27)34-16)23(33)19(22(30)32)15-6-2-5-14(10-15)17-7-8-18(25)29-20(17)26/h2-11H,12H2,1H3/p+1. The van der Waals surface area contributed by atoms with Gasteiger partial charge in [-0.3, -0.25) is 0 Å². The summed E-state index contributed by atoms with van der Waals surface area (Å²) in [5.74, 6) is -0.152. The summed E-state index contributed by atoms with van der Waals surface area (Å²) in [6, 6.07) is 14.3. The molecule has 1 N–H and O–H groups in total. The Morgan fingerprint density at radius 2 is 1.88 bits per heavy atom. The average Bonchev–Trinajstić information content (AvgIpc) is 3.22. The van der Waals surface area contributed by atoms with Crippen molar-refractivity contribution in [2.75, 3.05) is 0 Å². The fraction of sp³-hybridized carbons (Fsp3) is 0.0833. The second kappa shape index (κ2) is 9.00. The summed E-state index contributed by atoms with van der Waals surface area (Å²) < 4.78 is 3.64. The van der Waals surface area contributed by atoms with E-state index in [1.165, 1.54) is 15.7 Å².